The van der Waals surface area contributed by atoms with Gasteiger partial charge in [-0.3, -0.25) is 14.4 Å². The Kier molecular flexibility index (Phi) is 2.11. The highest BCUT2D eigenvalue weighted by Crippen LogP contribution is 2.52. The summed E-state index contributed by atoms with van der Waals surface area (Å²) in [5.74, 6) is -3.72. The van der Waals surface area contributed by atoms with Crippen LogP contribution in [0.3, 0.4) is 0 Å². The Morgan fingerprint density at radius 1 is 1.38 bits per heavy atom. The number of ketones is 1. The number of nitrogens with two attached hydrogens (primary N) is 1. The van der Waals surface area contributed by atoms with Gasteiger partial charge >= 0.3 is 5.97 Å². The molecule has 1 saturated carbocycles. The first-order valence-electron chi connectivity index (χ1n) is 3.95. The van der Waals surface area contributed by atoms with E-state index in [2.05, 4.69) is 0 Å². The molecule has 3 N–H and O–H groups in total. The van der Waals surface area contributed by atoms with Crippen molar-refractivity contribution in [3.05, 3.63) is 0 Å². The number of hydrogen-bond donors (Lipinski definition) is 2. The van der Waals surface area contributed by atoms with Crippen molar-refractivity contribution in [3.63, 3.8) is 0 Å². The largest absolute Gasteiger partial charge is 0.481 e. The minimum atomic E-state index is -1.26. The lowest BCUT2D eigenvalue weighted by molar-refractivity contribution is -0.152. The van der Waals surface area contributed by atoms with Crippen LogP contribution in [0.15, 0.2) is 0 Å². The van der Waals surface area contributed by atoms with Crippen LogP contribution in [0.5, 0.6) is 0 Å². The molecule has 0 aromatic carbocycles. The molecule has 0 aliphatic heterocycles. The first kappa shape index (κ1) is 9.70. The van der Waals surface area contributed by atoms with E-state index in [-0.39, 0.29) is 0 Å². The molecule has 0 bridgehead atoms. The molecular formula is C8H11NO4. The maximum atomic E-state index is 11.0. The predicted molar refractivity (Wildman–Crippen MR) is 42.7 cm³/mol. The molecular weight excluding hydrogens is 174 g/mol. The Morgan fingerprint density at radius 2 is 1.85 bits per heavy atom. The molecule has 1 aliphatic rings. The molecule has 1 fully saturated rings. The van der Waals surface area contributed by atoms with Gasteiger partial charge in [-0.05, 0) is 19.8 Å². The summed E-state index contributed by atoms with van der Waals surface area (Å²) in [6.45, 7) is 1.17. The molecule has 0 radical (unpaired) electrons. The second kappa shape index (κ2) is 2.83. The van der Waals surface area contributed by atoms with Crippen LogP contribution in [0.1, 0.15) is 19.8 Å². The van der Waals surface area contributed by atoms with Crippen molar-refractivity contribution in [3.8, 4) is 0 Å². The van der Waals surface area contributed by atoms with Gasteiger partial charge in [-0.15, -0.1) is 0 Å². The third-order valence-corrected chi connectivity index (χ3v) is 2.49. The highest BCUT2D eigenvalue weighted by Gasteiger charge is 2.59. The zero-order chi connectivity index (χ0) is 10.2. The van der Waals surface area contributed by atoms with Gasteiger partial charge in [0.1, 0.15) is 11.7 Å². The van der Waals surface area contributed by atoms with Crippen molar-refractivity contribution in [1.82, 2.24) is 0 Å². The molecule has 1 atom stereocenters. The van der Waals surface area contributed by atoms with Crippen molar-refractivity contribution in [2.75, 3.05) is 0 Å². The SMILES string of the molecule is CC(=O)C(C(=O)O)C1(C(N)=O)CC1. The Hall–Kier alpha value is -1.39. The van der Waals surface area contributed by atoms with Crippen LogP contribution in [0, 0.1) is 11.3 Å². The second-order valence-corrected chi connectivity index (χ2v) is 3.40. The normalized spacial score (nSPS) is 20.4. The smallest absolute Gasteiger partial charge is 0.315 e. The van der Waals surface area contributed by atoms with Gasteiger partial charge < -0.3 is 10.8 Å². The molecule has 0 heterocycles. The van der Waals surface area contributed by atoms with Gasteiger partial charge in [0.15, 0.2) is 0 Å². The Morgan fingerprint density at radius 3 is 1.92 bits per heavy atom. The highest BCUT2D eigenvalue weighted by atomic mass is 16.4. The molecule has 1 aliphatic carbocycles. The fourth-order valence-corrected chi connectivity index (χ4v) is 1.61. The van der Waals surface area contributed by atoms with Gasteiger partial charge in [-0.25, -0.2) is 0 Å². The van der Waals surface area contributed by atoms with Crippen LogP contribution < -0.4 is 5.73 Å². The topological polar surface area (TPSA) is 97.5 Å². The highest BCUT2D eigenvalue weighted by molar-refractivity contribution is 6.04. The average molecular weight is 185 g/mol. The van der Waals surface area contributed by atoms with Gasteiger partial charge in [-0.1, -0.05) is 0 Å². The zero-order valence-corrected chi connectivity index (χ0v) is 7.24. The summed E-state index contributed by atoms with van der Waals surface area (Å²) in [4.78, 5) is 32.6. The lowest BCUT2D eigenvalue weighted by atomic mass is 9.85. The average Bonchev–Trinajstić information content (AvgIpc) is 2.66. The summed E-state index contributed by atoms with van der Waals surface area (Å²) in [6, 6.07) is 0. The van der Waals surface area contributed by atoms with E-state index < -0.39 is 29.0 Å². The van der Waals surface area contributed by atoms with Crippen LogP contribution in [-0.4, -0.2) is 22.8 Å². The summed E-state index contributed by atoms with van der Waals surface area (Å²) in [5.41, 5.74) is 3.96. The predicted octanol–water partition coefficient (Wildman–Crippen LogP) is -0.458. The minimum absolute atomic E-state index is 0.402. The van der Waals surface area contributed by atoms with E-state index >= 15 is 0 Å². The number of hydrogen-bond acceptors (Lipinski definition) is 3. The van der Waals surface area contributed by atoms with Crippen molar-refractivity contribution < 1.29 is 19.5 Å². The summed E-state index contributed by atoms with van der Waals surface area (Å²) in [6.07, 6.45) is 0.803. The van der Waals surface area contributed by atoms with Crippen molar-refractivity contribution >= 4 is 17.7 Å². The van der Waals surface area contributed by atoms with E-state index in [4.69, 9.17) is 10.8 Å². The molecule has 1 unspecified atom stereocenters. The molecule has 1 rings (SSSR count). The molecule has 5 heteroatoms. The van der Waals surface area contributed by atoms with Crippen molar-refractivity contribution in [2.24, 2.45) is 17.1 Å². The van der Waals surface area contributed by atoms with E-state index in [1.165, 1.54) is 6.92 Å². The lowest BCUT2D eigenvalue weighted by Gasteiger charge is -2.16. The Bertz CT molecular complexity index is 266. The zero-order valence-electron chi connectivity index (χ0n) is 7.24. The van der Waals surface area contributed by atoms with E-state index in [1.807, 2.05) is 0 Å². The van der Waals surface area contributed by atoms with Crippen LogP contribution >= 0.6 is 0 Å². The molecule has 0 spiro atoms. The van der Waals surface area contributed by atoms with Crippen molar-refractivity contribution in [1.29, 1.82) is 0 Å². The third kappa shape index (κ3) is 1.41. The molecule has 72 valence electrons. The molecule has 0 saturated heterocycles. The Balaban J connectivity index is 2.95. The molecule has 13 heavy (non-hydrogen) atoms. The lowest BCUT2D eigenvalue weighted by Crippen LogP contribution is -2.39. The van der Waals surface area contributed by atoms with Gasteiger partial charge in [0.2, 0.25) is 5.91 Å². The summed E-state index contributed by atoms with van der Waals surface area (Å²) in [5, 5.41) is 8.74. The van der Waals surface area contributed by atoms with Crippen LogP contribution in [0.4, 0.5) is 0 Å². The number of aliphatic carboxylic acids is 1. The van der Waals surface area contributed by atoms with Crippen LogP contribution in [0.25, 0.3) is 0 Å². The number of carbonyl (C=O) groups excluding carboxylic acids is 2. The van der Waals surface area contributed by atoms with Gasteiger partial charge in [-0.2, -0.15) is 0 Å². The fraction of sp³-hybridized carbons (Fsp3) is 0.625. The van der Waals surface area contributed by atoms with Gasteiger partial charge in [0.25, 0.3) is 0 Å². The number of primary amides is 1. The molecule has 1 amide bonds. The maximum absolute atomic E-state index is 11.0. The summed E-state index contributed by atoms with van der Waals surface area (Å²) >= 11 is 0. The van der Waals surface area contributed by atoms with E-state index in [9.17, 15) is 14.4 Å². The third-order valence-electron chi connectivity index (χ3n) is 2.49. The standard InChI is InChI=1S/C8H11NO4/c1-4(10)5(6(11)12)8(2-3-8)7(9)13/h5H,2-3H2,1H3,(H2,9,13)(H,11,12). The first-order chi connectivity index (χ1) is 5.92. The molecule has 0 aromatic rings. The first-order valence-corrected chi connectivity index (χ1v) is 3.95. The number of Topliss-reactive ketones (excluding diaryl/α,β-unsaturated/α-hetero) is 1. The fourth-order valence-electron chi connectivity index (χ4n) is 1.61. The van der Waals surface area contributed by atoms with Crippen LogP contribution in [0.2, 0.25) is 0 Å². The van der Waals surface area contributed by atoms with Crippen LogP contribution in [-0.2, 0) is 14.4 Å². The Labute approximate surface area is 74.9 Å². The number of carboxylic acids is 1. The number of amides is 1. The number of carboxylic acid groups (broad SMARTS) is 1. The number of carbonyl (C=O) groups is 3. The van der Waals surface area contributed by atoms with E-state index in [0.29, 0.717) is 12.8 Å². The van der Waals surface area contributed by atoms with Crippen molar-refractivity contribution in [2.45, 2.75) is 19.8 Å². The monoisotopic (exact) mass is 185 g/mol. The minimum Gasteiger partial charge on any atom is -0.481 e. The van der Waals surface area contributed by atoms with Gasteiger partial charge in [0.05, 0.1) is 5.41 Å². The molecule has 0 aromatic heterocycles. The summed E-state index contributed by atoms with van der Waals surface area (Å²) in [7, 11) is 0. The number of rotatable bonds is 4. The summed E-state index contributed by atoms with van der Waals surface area (Å²) < 4.78 is 0. The van der Waals surface area contributed by atoms with E-state index in [0.717, 1.165) is 0 Å². The maximum Gasteiger partial charge on any atom is 0.315 e. The quantitative estimate of drug-likeness (QED) is 0.579. The van der Waals surface area contributed by atoms with Gasteiger partial charge in [0, 0.05) is 0 Å². The second-order valence-electron chi connectivity index (χ2n) is 3.40. The molecule has 5 nitrogen and oxygen atoms in total. The van der Waals surface area contributed by atoms with E-state index in [1.54, 1.807) is 0 Å².